The lowest BCUT2D eigenvalue weighted by atomic mass is 9.93. The van der Waals surface area contributed by atoms with Gasteiger partial charge in [0.1, 0.15) is 18.5 Å². The van der Waals surface area contributed by atoms with Crippen LogP contribution in [0.4, 0.5) is 0 Å². The highest BCUT2D eigenvalue weighted by Gasteiger charge is 2.27. The Morgan fingerprint density at radius 3 is 2.73 bits per heavy atom. The van der Waals surface area contributed by atoms with Gasteiger partial charge in [-0.15, -0.1) is 0 Å². The first kappa shape index (κ1) is 14.3. The van der Waals surface area contributed by atoms with Crippen molar-refractivity contribution in [2.45, 2.75) is 26.6 Å². The Hall–Kier alpha value is -2.62. The zero-order chi connectivity index (χ0) is 15.7. The van der Waals surface area contributed by atoms with E-state index in [9.17, 15) is 9.59 Å². The molecule has 1 atom stereocenters. The molecule has 0 saturated heterocycles. The fraction of sp³-hybridized carbons (Fsp3) is 0.222. The first-order chi connectivity index (χ1) is 10.6. The smallest absolute Gasteiger partial charge is 0.303 e. The van der Waals surface area contributed by atoms with Gasteiger partial charge in [0.25, 0.3) is 0 Å². The van der Waals surface area contributed by atoms with Crippen molar-refractivity contribution < 1.29 is 19.1 Å². The molecule has 0 spiro atoms. The Morgan fingerprint density at radius 2 is 1.95 bits per heavy atom. The Kier molecular flexibility index (Phi) is 3.67. The first-order valence-electron chi connectivity index (χ1n) is 7.13. The van der Waals surface area contributed by atoms with Gasteiger partial charge in [-0.25, -0.2) is 0 Å². The normalized spacial score (nSPS) is 14.2. The van der Waals surface area contributed by atoms with Crippen LogP contribution in [0.2, 0.25) is 0 Å². The van der Waals surface area contributed by atoms with Gasteiger partial charge in [0, 0.05) is 23.6 Å². The highest BCUT2D eigenvalue weighted by molar-refractivity contribution is 6.13. The van der Waals surface area contributed by atoms with Crippen molar-refractivity contribution in [2.24, 2.45) is 0 Å². The summed E-state index contributed by atoms with van der Waals surface area (Å²) >= 11 is 0. The van der Waals surface area contributed by atoms with Gasteiger partial charge in [-0.2, -0.15) is 0 Å². The summed E-state index contributed by atoms with van der Waals surface area (Å²) in [5.74, 6) is 0.0443. The lowest BCUT2D eigenvalue weighted by Gasteiger charge is -2.17. The van der Waals surface area contributed by atoms with Crippen LogP contribution in [0.5, 0.6) is 5.75 Å². The maximum absolute atomic E-state index is 12.9. The highest BCUT2D eigenvalue weighted by atomic mass is 16.5. The van der Waals surface area contributed by atoms with Crippen molar-refractivity contribution in [3.05, 3.63) is 64.7 Å². The number of carbonyl (C=O) groups excluding carboxylic acids is 2. The lowest BCUT2D eigenvalue weighted by molar-refractivity contribution is -0.145. The van der Waals surface area contributed by atoms with E-state index in [4.69, 9.17) is 9.47 Å². The summed E-state index contributed by atoms with van der Waals surface area (Å²) in [5, 5.41) is 0. The molecule has 0 saturated carbocycles. The van der Waals surface area contributed by atoms with E-state index in [0.717, 1.165) is 5.56 Å². The minimum atomic E-state index is -0.509. The molecule has 4 heteroatoms. The van der Waals surface area contributed by atoms with Crippen molar-refractivity contribution in [1.29, 1.82) is 0 Å². The van der Waals surface area contributed by atoms with Gasteiger partial charge in [0.2, 0.25) is 0 Å². The van der Waals surface area contributed by atoms with Crippen LogP contribution in [0.15, 0.2) is 42.5 Å². The summed E-state index contributed by atoms with van der Waals surface area (Å²) in [7, 11) is 0. The molecule has 1 aliphatic rings. The number of ether oxygens (including phenoxy) is 2. The molecule has 0 aromatic heterocycles. The monoisotopic (exact) mass is 296 g/mol. The molecule has 2 aromatic carbocycles. The van der Waals surface area contributed by atoms with Crippen molar-refractivity contribution in [2.75, 3.05) is 0 Å². The number of fused-ring (bicyclic) bond motifs is 2. The molecule has 2 aromatic rings. The van der Waals surface area contributed by atoms with E-state index >= 15 is 0 Å². The number of carbonyl (C=O) groups is 2. The minimum absolute atomic E-state index is 0.0993. The van der Waals surface area contributed by atoms with Crippen LogP contribution in [-0.2, 0) is 16.1 Å². The minimum Gasteiger partial charge on any atom is -0.488 e. The van der Waals surface area contributed by atoms with Crippen LogP contribution in [0.1, 0.15) is 47.0 Å². The lowest BCUT2D eigenvalue weighted by Crippen LogP contribution is -2.12. The van der Waals surface area contributed by atoms with E-state index in [-0.39, 0.29) is 11.8 Å². The molecule has 0 fully saturated rings. The third kappa shape index (κ3) is 2.48. The molecule has 22 heavy (non-hydrogen) atoms. The molecule has 4 nitrogen and oxygen atoms in total. The van der Waals surface area contributed by atoms with Crippen molar-refractivity contribution >= 4 is 11.8 Å². The second-order valence-electron chi connectivity index (χ2n) is 5.25. The fourth-order valence-corrected chi connectivity index (χ4v) is 2.72. The Labute approximate surface area is 128 Å². The van der Waals surface area contributed by atoms with Crippen LogP contribution < -0.4 is 4.74 Å². The fourth-order valence-electron chi connectivity index (χ4n) is 2.72. The van der Waals surface area contributed by atoms with Crippen molar-refractivity contribution in [3.8, 4) is 5.75 Å². The Bertz CT molecular complexity index is 749. The second kappa shape index (κ2) is 5.64. The van der Waals surface area contributed by atoms with E-state index in [0.29, 0.717) is 29.0 Å². The van der Waals surface area contributed by atoms with E-state index in [1.807, 2.05) is 18.2 Å². The zero-order valence-corrected chi connectivity index (χ0v) is 12.5. The summed E-state index contributed by atoms with van der Waals surface area (Å²) in [6, 6.07) is 12.8. The molecule has 1 unspecified atom stereocenters. The van der Waals surface area contributed by atoms with Crippen LogP contribution in [0.25, 0.3) is 0 Å². The summed E-state index contributed by atoms with van der Waals surface area (Å²) in [4.78, 5) is 24.1. The van der Waals surface area contributed by atoms with E-state index in [1.54, 1.807) is 31.2 Å². The molecule has 0 aliphatic carbocycles. The third-order valence-electron chi connectivity index (χ3n) is 3.71. The van der Waals surface area contributed by atoms with Gasteiger partial charge in [-0.3, -0.25) is 9.59 Å². The van der Waals surface area contributed by atoms with E-state index < -0.39 is 6.10 Å². The number of rotatable bonds is 2. The van der Waals surface area contributed by atoms with Crippen molar-refractivity contribution in [1.82, 2.24) is 0 Å². The molecular formula is C18H16O4. The summed E-state index contributed by atoms with van der Waals surface area (Å²) in [6.45, 7) is 3.45. The van der Waals surface area contributed by atoms with Gasteiger partial charge < -0.3 is 9.47 Å². The molecule has 0 radical (unpaired) electrons. The van der Waals surface area contributed by atoms with Crippen LogP contribution in [0.3, 0.4) is 0 Å². The summed E-state index contributed by atoms with van der Waals surface area (Å²) in [5.41, 5.74) is 2.62. The van der Waals surface area contributed by atoms with Crippen LogP contribution >= 0.6 is 0 Å². The molecule has 1 heterocycles. The molecule has 0 bridgehead atoms. The largest absolute Gasteiger partial charge is 0.488 e. The zero-order valence-electron chi connectivity index (χ0n) is 12.5. The number of ketones is 1. The topological polar surface area (TPSA) is 52.6 Å². The van der Waals surface area contributed by atoms with Gasteiger partial charge >= 0.3 is 5.97 Å². The molecule has 112 valence electrons. The number of esters is 1. The predicted molar refractivity (Wildman–Crippen MR) is 80.8 cm³/mol. The van der Waals surface area contributed by atoms with Gasteiger partial charge in [0.15, 0.2) is 5.78 Å². The SMILES string of the molecule is CC(=O)OC(C)c1cccc2c1C(=O)c1ccccc1CO2. The Balaban J connectivity index is 2.13. The number of benzene rings is 2. The summed E-state index contributed by atoms with van der Waals surface area (Å²) < 4.78 is 11.0. The third-order valence-corrected chi connectivity index (χ3v) is 3.71. The predicted octanol–water partition coefficient (Wildman–Crippen LogP) is 3.43. The van der Waals surface area contributed by atoms with Gasteiger partial charge in [-0.05, 0) is 13.0 Å². The molecule has 1 aliphatic heterocycles. The molecule has 0 amide bonds. The molecule has 3 rings (SSSR count). The highest BCUT2D eigenvalue weighted by Crippen LogP contribution is 2.34. The summed E-state index contributed by atoms with van der Waals surface area (Å²) in [6.07, 6.45) is -0.509. The average Bonchev–Trinajstić information content (AvgIpc) is 2.65. The van der Waals surface area contributed by atoms with Gasteiger partial charge in [0.05, 0.1) is 5.56 Å². The standard InChI is InChI=1S/C18H16O4/c1-11(22-12(2)19)14-8-5-9-16-17(14)18(20)15-7-4-3-6-13(15)10-21-16/h3-9,11H,10H2,1-2H3. The van der Waals surface area contributed by atoms with Crippen LogP contribution in [-0.4, -0.2) is 11.8 Å². The first-order valence-corrected chi connectivity index (χ1v) is 7.13. The van der Waals surface area contributed by atoms with Gasteiger partial charge in [-0.1, -0.05) is 36.4 Å². The quantitative estimate of drug-likeness (QED) is 0.797. The number of hydrogen-bond acceptors (Lipinski definition) is 4. The Morgan fingerprint density at radius 1 is 1.18 bits per heavy atom. The maximum Gasteiger partial charge on any atom is 0.303 e. The van der Waals surface area contributed by atoms with E-state index in [1.165, 1.54) is 6.92 Å². The number of hydrogen-bond donors (Lipinski definition) is 0. The molecule has 0 N–H and O–H groups in total. The molecular weight excluding hydrogens is 280 g/mol. The average molecular weight is 296 g/mol. The van der Waals surface area contributed by atoms with E-state index in [2.05, 4.69) is 0 Å². The second-order valence-corrected chi connectivity index (χ2v) is 5.25. The maximum atomic E-state index is 12.9. The van der Waals surface area contributed by atoms with Crippen molar-refractivity contribution in [3.63, 3.8) is 0 Å². The van der Waals surface area contributed by atoms with Crippen LogP contribution in [0, 0.1) is 0 Å².